The SMILES string of the molecule is CC(C)[C@H](C)NC(=O)COC(=O)[C@H]1CCCN(C2=NS(=O)(=O)c3ccccc32)C1. The Morgan fingerprint density at radius 1 is 1.28 bits per heavy atom. The van der Waals surface area contributed by atoms with Gasteiger partial charge in [0.1, 0.15) is 4.90 Å². The summed E-state index contributed by atoms with van der Waals surface area (Å²) in [5, 5.41) is 2.80. The van der Waals surface area contributed by atoms with Gasteiger partial charge in [-0.25, -0.2) is 0 Å². The van der Waals surface area contributed by atoms with Crippen LogP contribution in [-0.4, -0.2) is 56.8 Å². The number of hydrogen-bond donors (Lipinski definition) is 1. The molecule has 1 amide bonds. The molecule has 2 aliphatic rings. The quantitative estimate of drug-likeness (QED) is 0.724. The van der Waals surface area contributed by atoms with Gasteiger partial charge in [-0.3, -0.25) is 9.59 Å². The van der Waals surface area contributed by atoms with E-state index in [1.807, 2.05) is 25.7 Å². The number of nitrogens with one attached hydrogen (secondary N) is 1. The van der Waals surface area contributed by atoms with Crippen molar-refractivity contribution in [1.29, 1.82) is 0 Å². The molecule has 0 radical (unpaired) electrons. The first-order chi connectivity index (χ1) is 13.7. The smallest absolute Gasteiger partial charge is 0.311 e. The molecule has 158 valence electrons. The number of rotatable bonds is 5. The molecule has 1 aromatic rings. The van der Waals surface area contributed by atoms with E-state index < -0.39 is 21.9 Å². The first-order valence-electron chi connectivity index (χ1n) is 9.84. The van der Waals surface area contributed by atoms with Crippen molar-refractivity contribution in [3.8, 4) is 0 Å². The number of carbonyl (C=O) groups excluding carboxylic acids is 2. The molecule has 8 nitrogen and oxygen atoms in total. The second-order valence-electron chi connectivity index (χ2n) is 7.88. The van der Waals surface area contributed by atoms with Crippen LogP contribution in [0.25, 0.3) is 0 Å². The van der Waals surface area contributed by atoms with E-state index >= 15 is 0 Å². The van der Waals surface area contributed by atoms with Crippen molar-refractivity contribution in [3.63, 3.8) is 0 Å². The maximum atomic E-state index is 12.5. The van der Waals surface area contributed by atoms with Crippen LogP contribution < -0.4 is 5.32 Å². The molecule has 9 heteroatoms. The lowest BCUT2D eigenvalue weighted by Gasteiger charge is -2.32. The predicted molar refractivity (Wildman–Crippen MR) is 108 cm³/mol. The van der Waals surface area contributed by atoms with Gasteiger partial charge in [0, 0.05) is 24.7 Å². The normalized spacial score (nSPS) is 21.3. The lowest BCUT2D eigenvalue weighted by Crippen LogP contribution is -2.44. The van der Waals surface area contributed by atoms with E-state index in [9.17, 15) is 18.0 Å². The molecular formula is C20H27N3O5S. The molecule has 0 aromatic heterocycles. The maximum Gasteiger partial charge on any atom is 0.311 e. The van der Waals surface area contributed by atoms with Crippen molar-refractivity contribution in [3.05, 3.63) is 29.8 Å². The standard InChI is InChI=1S/C20H27N3O5S/c1-13(2)14(3)21-18(24)12-28-20(25)15-7-6-10-23(11-15)19-16-8-4-5-9-17(16)29(26,27)22-19/h4-5,8-9,13-15H,6-7,10-12H2,1-3H3,(H,21,24)/t14-,15-/m0/s1. The van der Waals surface area contributed by atoms with Crippen LogP contribution in [0.2, 0.25) is 0 Å². The molecule has 2 aliphatic heterocycles. The summed E-state index contributed by atoms with van der Waals surface area (Å²) in [5.41, 5.74) is 0.559. The van der Waals surface area contributed by atoms with Crippen molar-refractivity contribution in [2.24, 2.45) is 16.2 Å². The highest BCUT2D eigenvalue weighted by Gasteiger charge is 2.35. The summed E-state index contributed by atoms with van der Waals surface area (Å²) in [5.74, 6) is -0.545. The summed E-state index contributed by atoms with van der Waals surface area (Å²) < 4.78 is 33.7. The van der Waals surface area contributed by atoms with Gasteiger partial charge in [-0.05, 0) is 37.8 Å². The third kappa shape index (κ3) is 4.77. The zero-order valence-corrected chi connectivity index (χ0v) is 17.7. The summed E-state index contributed by atoms with van der Waals surface area (Å²) >= 11 is 0. The molecule has 0 unspecified atom stereocenters. The molecule has 1 N–H and O–H groups in total. The summed E-state index contributed by atoms with van der Waals surface area (Å²) in [6.07, 6.45) is 1.33. The van der Waals surface area contributed by atoms with Gasteiger partial charge in [0.25, 0.3) is 15.9 Å². The molecule has 3 rings (SSSR count). The monoisotopic (exact) mass is 421 g/mol. The molecule has 0 spiro atoms. The van der Waals surface area contributed by atoms with Crippen molar-refractivity contribution >= 4 is 27.7 Å². The van der Waals surface area contributed by atoms with Crippen molar-refractivity contribution in [2.75, 3.05) is 19.7 Å². The van der Waals surface area contributed by atoms with Crippen LogP contribution in [0.4, 0.5) is 0 Å². The van der Waals surface area contributed by atoms with E-state index in [0.29, 0.717) is 37.3 Å². The third-order valence-electron chi connectivity index (χ3n) is 5.40. The van der Waals surface area contributed by atoms with Crippen LogP contribution in [0.15, 0.2) is 33.6 Å². The second kappa shape index (κ2) is 8.52. The van der Waals surface area contributed by atoms with E-state index in [0.717, 1.165) is 0 Å². The molecule has 1 fully saturated rings. The van der Waals surface area contributed by atoms with Gasteiger partial charge in [0.05, 0.1) is 5.92 Å². The molecule has 2 heterocycles. The number of amidine groups is 1. The molecule has 2 atom stereocenters. The first kappa shape index (κ1) is 21.3. The molecule has 0 saturated carbocycles. The number of ether oxygens (including phenoxy) is 1. The number of benzene rings is 1. The number of amides is 1. The van der Waals surface area contributed by atoms with Gasteiger partial charge in [-0.1, -0.05) is 26.0 Å². The number of hydrogen-bond acceptors (Lipinski definition) is 6. The number of esters is 1. The minimum atomic E-state index is -3.70. The van der Waals surface area contributed by atoms with Gasteiger partial charge >= 0.3 is 5.97 Å². The average molecular weight is 422 g/mol. The summed E-state index contributed by atoms with van der Waals surface area (Å²) in [7, 11) is -3.70. The van der Waals surface area contributed by atoms with Gasteiger partial charge in [-0.2, -0.15) is 8.42 Å². The zero-order chi connectivity index (χ0) is 21.2. The molecule has 1 aromatic carbocycles. The van der Waals surface area contributed by atoms with Gasteiger partial charge in [0.2, 0.25) is 0 Å². The summed E-state index contributed by atoms with van der Waals surface area (Å²) in [4.78, 5) is 26.4. The first-order valence-corrected chi connectivity index (χ1v) is 11.3. The average Bonchev–Trinajstić information content (AvgIpc) is 2.97. The summed E-state index contributed by atoms with van der Waals surface area (Å²) in [6.45, 7) is 6.50. The molecule has 0 bridgehead atoms. The van der Waals surface area contributed by atoms with E-state index in [2.05, 4.69) is 9.71 Å². The van der Waals surface area contributed by atoms with Crippen LogP contribution in [0.1, 0.15) is 39.2 Å². The Balaban J connectivity index is 1.61. The lowest BCUT2D eigenvalue weighted by molar-refractivity contribution is -0.154. The Labute approximate surface area is 171 Å². The fourth-order valence-corrected chi connectivity index (χ4v) is 4.62. The Hall–Kier alpha value is -2.42. The van der Waals surface area contributed by atoms with Crippen molar-refractivity contribution < 1.29 is 22.7 Å². The fourth-order valence-electron chi connectivity index (χ4n) is 3.40. The van der Waals surface area contributed by atoms with Crippen LogP contribution >= 0.6 is 0 Å². The maximum absolute atomic E-state index is 12.5. The minimum absolute atomic E-state index is 0.00577. The highest BCUT2D eigenvalue weighted by atomic mass is 32.2. The molecule has 29 heavy (non-hydrogen) atoms. The Morgan fingerprint density at radius 3 is 2.72 bits per heavy atom. The van der Waals surface area contributed by atoms with Crippen LogP contribution in [0.3, 0.4) is 0 Å². The van der Waals surface area contributed by atoms with Gasteiger partial charge < -0.3 is 15.0 Å². The lowest BCUT2D eigenvalue weighted by atomic mass is 9.97. The largest absolute Gasteiger partial charge is 0.455 e. The number of piperidine rings is 1. The Morgan fingerprint density at radius 2 is 2.00 bits per heavy atom. The Bertz CT molecular complexity index is 926. The van der Waals surface area contributed by atoms with E-state index in [1.165, 1.54) is 6.07 Å². The van der Waals surface area contributed by atoms with Crippen LogP contribution in [0, 0.1) is 11.8 Å². The minimum Gasteiger partial charge on any atom is -0.455 e. The summed E-state index contributed by atoms with van der Waals surface area (Å²) in [6, 6.07) is 6.68. The van der Waals surface area contributed by atoms with Crippen LogP contribution in [-0.2, 0) is 24.3 Å². The van der Waals surface area contributed by atoms with Crippen molar-refractivity contribution in [1.82, 2.24) is 10.2 Å². The molecular weight excluding hydrogens is 394 g/mol. The van der Waals surface area contributed by atoms with Crippen LogP contribution in [0.5, 0.6) is 0 Å². The number of sulfonamides is 1. The van der Waals surface area contributed by atoms with Gasteiger partial charge in [-0.15, -0.1) is 4.40 Å². The second-order valence-corrected chi connectivity index (χ2v) is 9.45. The van der Waals surface area contributed by atoms with E-state index in [1.54, 1.807) is 18.2 Å². The number of likely N-dealkylation sites (tertiary alicyclic amines) is 1. The van der Waals surface area contributed by atoms with Gasteiger partial charge in [0.15, 0.2) is 12.4 Å². The Kier molecular flexibility index (Phi) is 6.26. The van der Waals surface area contributed by atoms with Crippen molar-refractivity contribution in [2.45, 2.75) is 44.6 Å². The number of fused-ring (bicyclic) bond motifs is 1. The number of nitrogens with zero attached hydrogens (tertiary/aromatic N) is 2. The van der Waals surface area contributed by atoms with E-state index in [-0.39, 0.29) is 29.4 Å². The fraction of sp³-hybridized carbons (Fsp3) is 0.550. The highest BCUT2D eigenvalue weighted by molar-refractivity contribution is 7.90. The highest BCUT2D eigenvalue weighted by Crippen LogP contribution is 2.29. The third-order valence-corrected chi connectivity index (χ3v) is 6.73. The molecule has 0 aliphatic carbocycles. The number of carbonyl (C=O) groups is 2. The topological polar surface area (TPSA) is 105 Å². The molecule has 1 saturated heterocycles. The predicted octanol–water partition coefficient (Wildman–Crippen LogP) is 1.55. The zero-order valence-electron chi connectivity index (χ0n) is 16.9. The van der Waals surface area contributed by atoms with E-state index in [4.69, 9.17) is 4.74 Å².